The summed E-state index contributed by atoms with van der Waals surface area (Å²) in [5.74, 6) is 0. The second-order valence-electron chi connectivity index (χ2n) is 5.91. The average molecular weight is 282 g/mol. The molecule has 4 rings (SSSR count). The maximum Gasteiger partial charge on any atom is 0.257 e. The van der Waals surface area contributed by atoms with E-state index in [4.69, 9.17) is 0 Å². The van der Waals surface area contributed by atoms with E-state index in [1.165, 1.54) is 6.42 Å². The van der Waals surface area contributed by atoms with E-state index in [2.05, 4.69) is 22.0 Å². The number of nitrogens with one attached hydrogen (secondary N) is 1. The summed E-state index contributed by atoms with van der Waals surface area (Å²) >= 11 is 0. The van der Waals surface area contributed by atoms with Crippen LogP contribution in [0.1, 0.15) is 18.9 Å². The number of aromatic nitrogens is 3. The van der Waals surface area contributed by atoms with Gasteiger partial charge in [-0.15, -0.1) is 0 Å². The number of fused-ring (bicyclic) bond motifs is 3. The Bertz CT molecular complexity index is 863. The Balaban J connectivity index is 1.94. The molecule has 5 nitrogen and oxygen atoms in total. The molecular formula is C16H18N4O. The van der Waals surface area contributed by atoms with Crippen LogP contribution in [0.15, 0.2) is 35.3 Å². The fourth-order valence-corrected chi connectivity index (χ4v) is 3.39. The normalized spacial score (nSPS) is 20.3. The van der Waals surface area contributed by atoms with Crippen molar-refractivity contribution in [2.75, 3.05) is 20.1 Å². The van der Waals surface area contributed by atoms with Gasteiger partial charge in [-0.2, -0.15) is 5.10 Å². The highest BCUT2D eigenvalue weighted by Crippen LogP contribution is 2.26. The van der Waals surface area contributed by atoms with Gasteiger partial charge < -0.3 is 9.88 Å². The molecular weight excluding hydrogens is 264 g/mol. The number of pyridine rings is 1. The molecule has 1 saturated heterocycles. The molecule has 1 aliphatic heterocycles. The molecule has 0 spiro atoms. The van der Waals surface area contributed by atoms with Crippen LogP contribution in [0.2, 0.25) is 0 Å². The molecule has 0 amide bonds. The monoisotopic (exact) mass is 282 g/mol. The van der Waals surface area contributed by atoms with Crippen LogP contribution >= 0.6 is 0 Å². The van der Waals surface area contributed by atoms with Crippen molar-refractivity contribution in [1.29, 1.82) is 0 Å². The number of piperidine rings is 1. The first-order valence-electron chi connectivity index (χ1n) is 7.41. The third kappa shape index (κ3) is 1.96. The van der Waals surface area contributed by atoms with Crippen LogP contribution in [0, 0.1) is 0 Å². The number of nitrogens with zero attached hydrogens (tertiary/aromatic N) is 3. The SMILES string of the molecule is CN1CCCC(n2ncc3c4ccccc4c(=O)[nH]c32)C1. The van der Waals surface area contributed by atoms with Crippen molar-refractivity contribution in [3.63, 3.8) is 0 Å². The lowest BCUT2D eigenvalue weighted by Gasteiger charge is -2.30. The Morgan fingerprint density at radius 3 is 2.86 bits per heavy atom. The number of benzene rings is 1. The number of likely N-dealkylation sites (tertiary alicyclic amines) is 1. The van der Waals surface area contributed by atoms with E-state index in [0.717, 1.165) is 41.3 Å². The van der Waals surface area contributed by atoms with Crippen LogP contribution in [0.3, 0.4) is 0 Å². The van der Waals surface area contributed by atoms with Crippen molar-refractivity contribution in [3.8, 4) is 0 Å². The highest BCUT2D eigenvalue weighted by Gasteiger charge is 2.22. The van der Waals surface area contributed by atoms with Gasteiger partial charge in [-0.3, -0.25) is 4.79 Å². The molecule has 2 aromatic heterocycles. The fraction of sp³-hybridized carbons (Fsp3) is 0.375. The van der Waals surface area contributed by atoms with Gasteiger partial charge in [0.15, 0.2) is 0 Å². The third-order valence-corrected chi connectivity index (χ3v) is 4.43. The van der Waals surface area contributed by atoms with Gasteiger partial charge in [0, 0.05) is 17.3 Å². The molecule has 0 radical (unpaired) electrons. The molecule has 1 N–H and O–H groups in total. The van der Waals surface area contributed by atoms with Gasteiger partial charge >= 0.3 is 0 Å². The van der Waals surface area contributed by atoms with Crippen LogP contribution < -0.4 is 5.56 Å². The maximum absolute atomic E-state index is 12.3. The molecule has 1 fully saturated rings. The standard InChI is InChI=1S/C16H18N4O/c1-19-8-4-5-11(10-19)20-15-14(9-17-20)12-6-2-3-7-13(12)16(21)18-15/h2-3,6-7,9,11H,4-5,8,10H2,1H3,(H,18,21). The van der Waals surface area contributed by atoms with Gasteiger partial charge in [0.2, 0.25) is 0 Å². The number of hydrogen-bond donors (Lipinski definition) is 1. The molecule has 1 atom stereocenters. The molecule has 108 valence electrons. The van der Waals surface area contributed by atoms with Gasteiger partial charge in [0.1, 0.15) is 5.65 Å². The summed E-state index contributed by atoms with van der Waals surface area (Å²) in [5.41, 5.74) is 0.808. The van der Waals surface area contributed by atoms with Crippen molar-refractivity contribution in [1.82, 2.24) is 19.7 Å². The molecule has 1 unspecified atom stereocenters. The predicted octanol–water partition coefficient (Wildman–Crippen LogP) is 2.14. The maximum atomic E-state index is 12.3. The van der Waals surface area contributed by atoms with Crippen molar-refractivity contribution >= 4 is 21.8 Å². The smallest absolute Gasteiger partial charge is 0.257 e. The summed E-state index contributed by atoms with van der Waals surface area (Å²) in [5, 5.41) is 7.30. The lowest BCUT2D eigenvalue weighted by Crippen LogP contribution is -2.34. The summed E-state index contributed by atoms with van der Waals surface area (Å²) in [7, 11) is 2.13. The van der Waals surface area contributed by atoms with E-state index in [-0.39, 0.29) is 5.56 Å². The Labute approximate surface area is 122 Å². The van der Waals surface area contributed by atoms with E-state index >= 15 is 0 Å². The second kappa shape index (κ2) is 4.70. The van der Waals surface area contributed by atoms with Gasteiger partial charge in [0.05, 0.1) is 12.2 Å². The number of hydrogen-bond acceptors (Lipinski definition) is 3. The molecule has 5 heteroatoms. The van der Waals surface area contributed by atoms with Crippen LogP contribution in [0.25, 0.3) is 21.8 Å². The number of H-pyrrole nitrogens is 1. The first-order chi connectivity index (χ1) is 10.2. The van der Waals surface area contributed by atoms with Crippen molar-refractivity contribution < 1.29 is 0 Å². The molecule has 0 aliphatic carbocycles. The molecule has 1 aliphatic rings. The number of rotatable bonds is 1. The fourth-order valence-electron chi connectivity index (χ4n) is 3.39. The van der Waals surface area contributed by atoms with Gasteiger partial charge in [-0.25, -0.2) is 4.68 Å². The van der Waals surface area contributed by atoms with E-state index in [1.807, 2.05) is 35.1 Å². The topological polar surface area (TPSA) is 53.9 Å². The summed E-state index contributed by atoms with van der Waals surface area (Å²) in [6, 6.07) is 8.04. The van der Waals surface area contributed by atoms with E-state index in [1.54, 1.807) is 0 Å². The third-order valence-electron chi connectivity index (χ3n) is 4.43. The van der Waals surface area contributed by atoms with Crippen molar-refractivity contribution in [2.45, 2.75) is 18.9 Å². The minimum atomic E-state index is -0.0379. The molecule has 3 heterocycles. The second-order valence-corrected chi connectivity index (χ2v) is 5.91. The number of aromatic amines is 1. The molecule has 0 saturated carbocycles. The highest BCUT2D eigenvalue weighted by molar-refractivity contribution is 6.03. The van der Waals surface area contributed by atoms with E-state index in [9.17, 15) is 4.79 Å². The largest absolute Gasteiger partial charge is 0.306 e. The van der Waals surface area contributed by atoms with E-state index < -0.39 is 0 Å². The first kappa shape index (κ1) is 12.6. The van der Waals surface area contributed by atoms with Crippen molar-refractivity contribution in [2.24, 2.45) is 0 Å². The summed E-state index contributed by atoms with van der Waals surface area (Å²) < 4.78 is 2.00. The van der Waals surface area contributed by atoms with E-state index in [0.29, 0.717) is 6.04 Å². The molecule has 21 heavy (non-hydrogen) atoms. The molecule has 3 aromatic rings. The Morgan fingerprint density at radius 2 is 2.05 bits per heavy atom. The van der Waals surface area contributed by atoms with Gasteiger partial charge in [-0.05, 0) is 37.9 Å². The predicted molar refractivity (Wildman–Crippen MR) is 83.6 cm³/mol. The Hall–Kier alpha value is -2.14. The zero-order chi connectivity index (χ0) is 14.4. The summed E-state index contributed by atoms with van der Waals surface area (Å²) in [6.45, 7) is 2.11. The Morgan fingerprint density at radius 1 is 1.24 bits per heavy atom. The zero-order valence-electron chi connectivity index (χ0n) is 12.0. The first-order valence-corrected chi connectivity index (χ1v) is 7.41. The minimum Gasteiger partial charge on any atom is -0.306 e. The zero-order valence-corrected chi connectivity index (χ0v) is 12.0. The lowest BCUT2D eigenvalue weighted by atomic mass is 10.1. The average Bonchev–Trinajstić information content (AvgIpc) is 2.91. The molecule has 0 bridgehead atoms. The van der Waals surface area contributed by atoms with Crippen LogP contribution in [0.4, 0.5) is 0 Å². The quantitative estimate of drug-likeness (QED) is 0.744. The van der Waals surface area contributed by atoms with Crippen LogP contribution in [0.5, 0.6) is 0 Å². The number of likely N-dealkylation sites (N-methyl/N-ethyl adjacent to an activating group) is 1. The van der Waals surface area contributed by atoms with Crippen LogP contribution in [-0.2, 0) is 0 Å². The summed E-state index contributed by atoms with van der Waals surface area (Å²) in [4.78, 5) is 17.6. The minimum absolute atomic E-state index is 0.0379. The molecule has 1 aromatic carbocycles. The Kier molecular flexibility index (Phi) is 2.82. The highest BCUT2D eigenvalue weighted by atomic mass is 16.1. The van der Waals surface area contributed by atoms with Gasteiger partial charge in [0.25, 0.3) is 5.56 Å². The van der Waals surface area contributed by atoms with Gasteiger partial charge in [-0.1, -0.05) is 18.2 Å². The summed E-state index contributed by atoms with van der Waals surface area (Å²) in [6.07, 6.45) is 4.15. The van der Waals surface area contributed by atoms with Crippen LogP contribution in [-0.4, -0.2) is 39.8 Å². The lowest BCUT2D eigenvalue weighted by molar-refractivity contribution is 0.205. The van der Waals surface area contributed by atoms with Crippen molar-refractivity contribution in [3.05, 3.63) is 40.8 Å².